The molecule has 0 amide bonds. The van der Waals surface area contributed by atoms with E-state index in [2.05, 4.69) is 15.6 Å². The molecule has 2 aromatic rings. The van der Waals surface area contributed by atoms with Crippen LogP contribution in [0.4, 0.5) is 0 Å². The highest BCUT2D eigenvalue weighted by Gasteiger charge is 2.12. The van der Waals surface area contributed by atoms with Crippen molar-refractivity contribution in [2.24, 2.45) is 0 Å². The average Bonchev–Trinajstić information content (AvgIpc) is 2.98. The zero-order valence-corrected chi connectivity index (χ0v) is 12.9. The van der Waals surface area contributed by atoms with E-state index in [0.717, 1.165) is 12.0 Å². The normalized spacial score (nSPS) is 10.4. The van der Waals surface area contributed by atoms with Crippen molar-refractivity contribution in [2.75, 3.05) is 18.6 Å². The molecule has 0 spiro atoms. The van der Waals surface area contributed by atoms with Crippen molar-refractivity contribution in [3.8, 4) is 11.5 Å². The molecule has 1 aromatic heterocycles. The van der Waals surface area contributed by atoms with E-state index in [-0.39, 0.29) is 0 Å². The highest BCUT2D eigenvalue weighted by molar-refractivity contribution is 6.32. The standard InChI is InChI=1S/C14H19ClN4O2/c1-3-5-21-14-12(15)6-11(7-13(14)20-4-2)8-18-19-9-16-17-10-19/h6-7,9-10,18H,3-5,8H2,1-2H3. The number of nitrogens with one attached hydrogen (secondary N) is 1. The molecule has 1 heterocycles. The molecule has 6 nitrogen and oxygen atoms in total. The Morgan fingerprint density at radius 1 is 1.19 bits per heavy atom. The van der Waals surface area contributed by atoms with Gasteiger partial charge in [0.2, 0.25) is 0 Å². The smallest absolute Gasteiger partial charge is 0.179 e. The topological polar surface area (TPSA) is 61.2 Å². The molecule has 0 aliphatic carbocycles. The lowest BCUT2D eigenvalue weighted by Crippen LogP contribution is -2.12. The number of benzene rings is 1. The average molecular weight is 311 g/mol. The molecular weight excluding hydrogens is 292 g/mol. The number of nitrogens with zero attached hydrogens (tertiary/aromatic N) is 3. The van der Waals surface area contributed by atoms with Crippen LogP contribution >= 0.6 is 11.6 Å². The first-order valence-electron chi connectivity index (χ1n) is 6.91. The monoisotopic (exact) mass is 310 g/mol. The lowest BCUT2D eigenvalue weighted by atomic mass is 10.2. The van der Waals surface area contributed by atoms with Crippen LogP contribution in [0.3, 0.4) is 0 Å². The molecule has 0 fully saturated rings. The second kappa shape index (κ2) is 7.73. The van der Waals surface area contributed by atoms with Crippen LogP contribution in [0.5, 0.6) is 11.5 Å². The molecule has 2 rings (SSSR count). The van der Waals surface area contributed by atoms with Gasteiger partial charge in [-0.25, -0.2) is 4.68 Å². The Morgan fingerprint density at radius 2 is 1.95 bits per heavy atom. The molecule has 0 aliphatic heterocycles. The summed E-state index contributed by atoms with van der Waals surface area (Å²) in [7, 11) is 0. The van der Waals surface area contributed by atoms with Gasteiger partial charge in [-0.2, -0.15) is 0 Å². The first-order valence-corrected chi connectivity index (χ1v) is 7.28. The molecule has 0 saturated heterocycles. The second-order valence-electron chi connectivity index (χ2n) is 4.39. The van der Waals surface area contributed by atoms with Crippen LogP contribution in [0.2, 0.25) is 5.02 Å². The van der Waals surface area contributed by atoms with E-state index in [1.807, 2.05) is 26.0 Å². The summed E-state index contributed by atoms with van der Waals surface area (Å²) in [5.74, 6) is 1.27. The van der Waals surface area contributed by atoms with Gasteiger partial charge in [0.05, 0.1) is 24.8 Å². The van der Waals surface area contributed by atoms with E-state index in [4.69, 9.17) is 21.1 Å². The van der Waals surface area contributed by atoms with Crippen molar-refractivity contribution in [2.45, 2.75) is 26.8 Å². The summed E-state index contributed by atoms with van der Waals surface area (Å²) >= 11 is 6.30. The summed E-state index contributed by atoms with van der Waals surface area (Å²) in [6.45, 7) is 5.72. The van der Waals surface area contributed by atoms with Crippen LogP contribution in [0.25, 0.3) is 0 Å². The van der Waals surface area contributed by atoms with Crippen LogP contribution < -0.4 is 14.9 Å². The van der Waals surface area contributed by atoms with Crippen molar-refractivity contribution in [3.05, 3.63) is 35.4 Å². The summed E-state index contributed by atoms with van der Waals surface area (Å²) in [6.07, 6.45) is 4.09. The zero-order chi connectivity index (χ0) is 15.1. The van der Waals surface area contributed by atoms with Gasteiger partial charge < -0.3 is 14.9 Å². The molecule has 0 radical (unpaired) electrons. The number of ether oxygens (including phenoxy) is 2. The van der Waals surface area contributed by atoms with Crippen molar-refractivity contribution in [3.63, 3.8) is 0 Å². The predicted octanol–water partition coefficient (Wildman–Crippen LogP) is 2.86. The number of hydrogen-bond acceptors (Lipinski definition) is 5. The Balaban J connectivity index is 2.14. The maximum absolute atomic E-state index is 6.30. The zero-order valence-electron chi connectivity index (χ0n) is 12.2. The van der Waals surface area contributed by atoms with Gasteiger partial charge in [-0.15, -0.1) is 10.2 Å². The third-order valence-corrected chi connectivity index (χ3v) is 2.98. The highest BCUT2D eigenvalue weighted by atomic mass is 35.5. The molecular formula is C14H19ClN4O2. The van der Waals surface area contributed by atoms with Gasteiger partial charge in [0, 0.05) is 0 Å². The maximum atomic E-state index is 6.30. The molecule has 1 aromatic carbocycles. The molecule has 0 saturated carbocycles. The van der Waals surface area contributed by atoms with Crippen molar-refractivity contribution < 1.29 is 9.47 Å². The lowest BCUT2D eigenvalue weighted by Gasteiger charge is -2.15. The maximum Gasteiger partial charge on any atom is 0.179 e. The van der Waals surface area contributed by atoms with Gasteiger partial charge in [0.25, 0.3) is 0 Å². The fourth-order valence-electron chi connectivity index (χ4n) is 1.80. The van der Waals surface area contributed by atoms with Gasteiger partial charge in [-0.05, 0) is 31.0 Å². The van der Waals surface area contributed by atoms with Crippen LogP contribution in [0.1, 0.15) is 25.8 Å². The highest BCUT2D eigenvalue weighted by Crippen LogP contribution is 2.36. The van der Waals surface area contributed by atoms with Gasteiger partial charge in [0.1, 0.15) is 12.7 Å². The lowest BCUT2D eigenvalue weighted by molar-refractivity contribution is 0.277. The quantitative estimate of drug-likeness (QED) is 0.812. The van der Waals surface area contributed by atoms with Gasteiger partial charge in [-0.3, -0.25) is 0 Å². The van der Waals surface area contributed by atoms with Crippen molar-refractivity contribution in [1.82, 2.24) is 14.9 Å². The number of aromatic nitrogens is 3. The molecule has 0 unspecified atom stereocenters. The van der Waals surface area contributed by atoms with Crippen LogP contribution in [0.15, 0.2) is 24.8 Å². The van der Waals surface area contributed by atoms with E-state index >= 15 is 0 Å². The Kier molecular flexibility index (Phi) is 5.68. The summed E-state index contributed by atoms with van der Waals surface area (Å²) in [5, 5.41) is 8.00. The predicted molar refractivity (Wildman–Crippen MR) is 81.5 cm³/mol. The van der Waals surface area contributed by atoms with Crippen LogP contribution in [-0.4, -0.2) is 28.1 Å². The second-order valence-corrected chi connectivity index (χ2v) is 4.80. The molecule has 1 N–H and O–H groups in total. The van der Waals surface area contributed by atoms with E-state index in [1.54, 1.807) is 17.3 Å². The minimum Gasteiger partial charge on any atom is -0.490 e. The van der Waals surface area contributed by atoms with E-state index in [1.165, 1.54) is 0 Å². The molecule has 0 atom stereocenters. The minimum atomic E-state index is 0.551. The SMILES string of the molecule is CCCOc1c(Cl)cc(CNn2cnnc2)cc1OCC. The first-order chi connectivity index (χ1) is 10.2. The summed E-state index contributed by atoms with van der Waals surface area (Å²) < 4.78 is 13.0. The summed E-state index contributed by atoms with van der Waals surface area (Å²) in [5.41, 5.74) is 4.12. The first kappa shape index (κ1) is 15.4. The third-order valence-electron chi connectivity index (χ3n) is 2.70. The Hall–Kier alpha value is -1.95. The van der Waals surface area contributed by atoms with Crippen LogP contribution in [0, 0.1) is 0 Å². The van der Waals surface area contributed by atoms with Gasteiger partial charge in [-0.1, -0.05) is 18.5 Å². The van der Waals surface area contributed by atoms with Gasteiger partial charge in [0.15, 0.2) is 11.5 Å². The molecule has 0 aliphatic rings. The summed E-state index contributed by atoms with van der Waals surface area (Å²) in [4.78, 5) is 0. The van der Waals surface area contributed by atoms with E-state index in [9.17, 15) is 0 Å². The number of hydrogen-bond donors (Lipinski definition) is 1. The third kappa shape index (κ3) is 4.26. The molecule has 7 heteroatoms. The fourth-order valence-corrected chi connectivity index (χ4v) is 2.08. The van der Waals surface area contributed by atoms with Crippen LogP contribution in [-0.2, 0) is 6.54 Å². The number of rotatable bonds is 8. The largest absolute Gasteiger partial charge is 0.490 e. The van der Waals surface area contributed by atoms with Crippen molar-refractivity contribution >= 4 is 11.6 Å². The fraction of sp³-hybridized carbons (Fsp3) is 0.429. The minimum absolute atomic E-state index is 0.551. The summed E-state index contributed by atoms with van der Waals surface area (Å²) in [6, 6.07) is 3.80. The van der Waals surface area contributed by atoms with E-state index < -0.39 is 0 Å². The number of halogens is 1. The Morgan fingerprint density at radius 3 is 2.62 bits per heavy atom. The van der Waals surface area contributed by atoms with E-state index in [0.29, 0.717) is 36.3 Å². The molecule has 114 valence electrons. The molecule has 0 bridgehead atoms. The van der Waals surface area contributed by atoms with Crippen molar-refractivity contribution in [1.29, 1.82) is 0 Å². The Bertz CT molecular complexity index is 560. The van der Waals surface area contributed by atoms with Gasteiger partial charge >= 0.3 is 0 Å². The molecule has 21 heavy (non-hydrogen) atoms. The Labute approximate surface area is 129 Å².